The Kier molecular flexibility index (Phi) is 26.5. The number of halogens is 2. The third-order valence-electron chi connectivity index (χ3n) is 26.4. The number of pyridine rings is 3. The van der Waals surface area contributed by atoms with E-state index in [-0.39, 0.29) is 61.4 Å². The molecule has 6 atom stereocenters. The molecule has 0 bridgehead atoms. The van der Waals surface area contributed by atoms with Crippen LogP contribution in [0.2, 0.25) is 0 Å². The molecule has 0 radical (unpaired) electrons. The number of anilines is 7. The Hall–Kier alpha value is -15.8. The minimum atomic E-state index is -0.815. The maximum Gasteiger partial charge on any atom is 0.317 e. The molecule has 19 heterocycles. The van der Waals surface area contributed by atoms with Crippen LogP contribution in [-0.4, -0.2) is 238 Å². The normalized spacial score (nSPS) is 17.8. The van der Waals surface area contributed by atoms with E-state index < -0.39 is 29.8 Å². The van der Waals surface area contributed by atoms with Gasteiger partial charge in [-0.2, -0.15) is 58.3 Å². The lowest BCUT2D eigenvalue weighted by Crippen LogP contribution is -2.38. The molecule has 716 valence electrons. The Labute approximate surface area is 814 Å². The van der Waals surface area contributed by atoms with Gasteiger partial charge in [0.1, 0.15) is 45.2 Å². The van der Waals surface area contributed by atoms with Gasteiger partial charge in [0.15, 0.2) is 28.2 Å². The number of aryl methyl sites for hydroxylation is 2. The van der Waals surface area contributed by atoms with E-state index in [4.69, 9.17) is 74.0 Å². The van der Waals surface area contributed by atoms with E-state index >= 15 is 0 Å². The van der Waals surface area contributed by atoms with Crippen LogP contribution in [-0.2, 0) is 38.1 Å². The van der Waals surface area contributed by atoms with Crippen LogP contribution in [0.25, 0.3) is 117 Å². The molecule has 140 heavy (non-hydrogen) atoms. The molecule has 15 N–H and O–H groups in total. The smallest absolute Gasteiger partial charge is 0.317 e. The third-order valence-corrected chi connectivity index (χ3v) is 27.9. The number of nitrogen functional groups attached to an aromatic ring is 5. The van der Waals surface area contributed by atoms with Crippen molar-refractivity contribution >= 4 is 163 Å². The second-order valence-corrected chi connectivity index (χ2v) is 37.6. The van der Waals surface area contributed by atoms with Gasteiger partial charge in [-0.1, -0.05) is 54.6 Å². The molecule has 43 heteroatoms. The number of carboxylic acid groups (broad SMARTS) is 5. The molecular weight excluding hydrogens is 1920 g/mol. The van der Waals surface area contributed by atoms with Crippen LogP contribution in [0.5, 0.6) is 0 Å². The van der Waals surface area contributed by atoms with Gasteiger partial charge >= 0.3 is 29.8 Å². The summed E-state index contributed by atoms with van der Waals surface area (Å²) in [6.45, 7) is 5.77. The van der Waals surface area contributed by atoms with Gasteiger partial charge in [-0.25, -0.2) is 24.9 Å². The van der Waals surface area contributed by atoms with Crippen LogP contribution in [0.4, 0.5) is 40.7 Å². The summed E-state index contributed by atoms with van der Waals surface area (Å²) in [6, 6.07) is 35.6. The van der Waals surface area contributed by atoms with E-state index in [2.05, 4.69) is 111 Å². The van der Waals surface area contributed by atoms with Crippen molar-refractivity contribution in [2.24, 2.45) is 31.8 Å². The van der Waals surface area contributed by atoms with Gasteiger partial charge < -0.3 is 64.0 Å². The van der Waals surface area contributed by atoms with Crippen molar-refractivity contribution in [2.75, 3.05) is 104 Å². The number of nitrogens with two attached hydrogens (primary N) is 5. The van der Waals surface area contributed by atoms with Gasteiger partial charge in [0.25, 0.3) is 0 Å². The van der Waals surface area contributed by atoms with E-state index in [1.165, 1.54) is 0 Å². The zero-order valence-corrected chi connectivity index (χ0v) is 79.4. The van der Waals surface area contributed by atoms with Gasteiger partial charge in [-0.15, -0.1) is 0 Å². The number of aliphatic carboxylic acids is 5. The number of rotatable bonds is 19. The highest BCUT2D eigenvalue weighted by molar-refractivity contribution is 9.11. The maximum absolute atomic E-state index is 11.2. The number of benzene rings is 3. The van der Waals surface area contributed by atoms with E-state index in [0.29, 0.717) is 111 Å². The molecule has 1 saturated carbocycles. The number of likely N-dealkylation sites (tertiary alicyclic amines) is 2. The van der Waals surface area contributed by atoms with Crippen molar-refractivity contribution < 1.29 is 49.5 Å². The summed E-state index contributed by atoms with van der Waals surface area (Å²) < 4.78 is 12.9. The number of carboxylic acids is 5. The molecule has 1 aliphatic carbocycles. The van der Waals surface area contributed by atoms with Gasteiger partial charge in [0, 0.05) is 211 Å². The van der Waals surface area contributed by atoms with E-state index in [0.717, 1.165) is 182 Å². The molecular formula is C97H99Br2N31O10. The first-order valence-electron chi connectivity index (χ1n) is 45.8. The average molecular weight is 2020 g/mol. The first-order valence-corrected chi connectivity index (χ1v) is 47.4. The van der Waals surface area contributed by atoms with Gasteiger partial charge in [0.2, 0.25) is 0 Å². The Morgan fingerprint density at radius 1 is 0.386 bits per heavy atom. The number of hydrogen-bond donors (Lipinski definition) is 10. The SMILES string of the molecule is Cn1cc(-c2cnn3c(N)cc(C4CCC(C(=O)O)C4)nc23)cn1.Cn1cc(-c2cnn3c(N)cc(N4CCC(CC(=O)O)C4)nc23)cn1.Nc1c(Br)c(C2CCCN(CC(=O)O)C2)nc2c(-c3cnc4ccccc4c3)cnn12.Nc1c(Br)c(N2CCC(CC(=O)O)C2)nc2c(-c3cnc4ccccc4c3)cnn12.Nc1cc(C2CCCN(CC(=O)O)C2)nc2c(-c3cnc4ccccc4c3)cnn12. The Morgan fingerprint density at radius 3 is 1.25 bits per heavy atom. The van der Waals surface area contributed by atoms with Crippen LogP contribution < -0.4 is 38.5 Å². The molecule has 23 rings (SSSR count). The van der Waals surface area contributed by atoms with Crippen LogP contribution in [0.15, 0.2) is 193 Å². The Bertz CT molecular complexity index is 7800. The highest BCUT2D eigenvalue weighted by Gasteiger charge is 2.36. The second-order valence-electron chi connectivity index (χ2n) is 36.0. The number of fused-ring (bicyclic) bond motifs is 8. The largest absolute Gasteiger partial charge is 0.481 e. The molecule has 3 aromatic carbocycles. The fourth-order valence-corrected chi connectivity index (χ4v) is 20.5. The molecule has 6 unspecified atom stereocenters. The monoisotopic (exact) mass is 2020 g/mol. The van der Waals surface area contributed by atoms with E-state index in [1.54, 1.807) is 81.4 Å². The molecule has 5 aliphatic rings. The van der Waals surface area contributed by atoms with Crippen molar-refractivity contribution in [3.8, 4) is 55.6 Å². The first kappa shape index (κ1) is 93.3. The number of hydrogen-bond acceptors (Lipinski definition) is 29. The molecule has 5 fully saturated rings. The minimum absolute atomic E-state index is 0.0343. The molecule has 4 aliphatic heterocycles. The highest BCUT2D eigenvalue weighted by Crippen LogP contribution is 2.43. The Balaban J connectivity index is 0.000000112. The third kappa shape index (κ3) is 19.7. The molecule has 0 amide bonds. The number of aromatic nitrogens is 22. The molecule has 41 nitrogen and oxygen atoms in total. The van der Waals surface area contributed by atoms with E-state index in [9.17, 15) is 29.1 Å². The molecule has 18 aromatic rings. The summed E-state index contributed by atoms with van der Waals surface area (Å²) in [5, 5.41) is 79.0. The predicted octanol–water partition coefficient (Wildman–Crippen LogP) is 12.6. The quantitative estimate of drug-likeness (QED) is 0.0359. The number of para-hydroxylation sites is 3. The molecule has 15 aromatic heterocycles. The fraction of sp³-hybridized carbons (Fsp3) is 0.299. The second kappa shape index (κ2) is 39.7. The number of carbonyl (C=O) groups is 5. The van der Waals surface area contributed by atoms with Crippen molar-refractivity contribution in [1.29, 1.82) is 0 Å². The minimum Gasteiger partial charge on any atom is -0.481 e. The van der Waals surface area contributed by atoms with Crippen LogP contribution in [0.1, 0.15) is 105 Å². The fourth-order valence-electron chi connectivity index (χ4n) is 19.4. The lowest BCUT2D eigenvalue weighted by molar-refractivity contribution is -0.142. The first-order chi connectivity index (χ1) is 67.6. The lowest BCUT2D eigenvalue weighted by Gasteiger charge is -2.31. The standard InChI is InChI=1S/C22H21BrN6O2.C22H22N6O2.C21H19BrN6O2.C16H19N7O2.C16H18N6O2/c23-19-20(14-5-3-7-28(11-14)12-18(30)31)27-22-16(10-26-29(22)21(19)24)15-8-13-4-1-2-6-17(13)25-9-15;23-20-9-19(15-5-3-7-27(12-15)13-21(29)30)26-22-17(11-25-28(20)22)16-8-14-4-1-2-6-18(14)24-10-16;22-18-19(23)28-20(26-21(18)27-6-5-12(11-27)7-17(29)30)15(10-25-28)14-8-13-3-1-2-4-16(13)24-9-14;1-21-9-11(6-18-21)12-7-19-23-13(17)5-14(20-16(12)23)22-3-2-10(8-22)4-15(24)25;1-21-8-11(6-18-21)12-7-19-22-14(17)5-13(20-15(12)22)9-2-3-10(4-9)16(23)24/h1-2,4,6,8-10,14H,3,5,7,11-12,24H2,(H,30,31);1-2,4,6,8-11,15H,3,5,7,12-13,23H2,(H,29,30);1-4,8-10,12H,5-7,11,23H2,(H,29,30);5-7,9-10H,2-4,8,17H2,1H3,(H,24,25);5-10H,2-4,17H2,1H3,(H,23,24). The van der Waals surface area contributed by atoms with Gasteiger partial charge in [-0.3, -0.25) is 58.1 Å². The summed E-state index contributed by atoms with van der Waals surface area (Å²) in [7, 11) is 3.71. The van der Waals surface area contributed by atoms with E-state index in [1.807, 2.05) is 140 Å². The summed E-state index contributed by atoms with van der Waals surface area (Å²) in [5.41, 5.74) is 49.0. The van der Waals surface area contributed by atoms with Crippen molar-refractivity contribution in [3.63, 3.8) is 0 Å². The molecule has 0 spiro atoms. The van der Waals surface area contributed by atoms with Crippen molar-refractivity contribution in [2.45, 2.75) is 88.4 Å². The average Bonchev–Trinajstić information content (AvgIpc) is 1.59. The summed E-state index contributed by atoms with van der Waals surface area (Å²) in [6.07, 6.45) is 29.4. The predicted molar refractivity (Wildman–Crippen MR) is 534 cm³/mol. The van der Waals surface area contributed by atoms with Crippen molar-refractivity contribution in [3.05, 3.63) is 210 Å². The zero-order chi connectivity index (χ0) is 97.4. The van der Waals surface area contributed by atoms with Crippen molar-refractivity contribution in [1.82, 2.24) is 117 Å². The topological polar surface area (TPSA) is 555 Å². The number of piperidine rings is 2. The van der Waals surface area contributed by atoms with Crippen LogP contribution in [0.3, 0.4) is 0 Å². The van der Waals surface area contributed by atoms with Crippen LogP contribution in [0, 0.1) is 17.8 Å². The van der Waals surface area contributed by atoms with Crippen LogP contribution >= 0.6 is 31.9 Å². The van der Waals surface area contributed by atoms with Gasteiger partial charge in [-0.05, 0) is 151 Å². The molecule has 4 saturated heterocycles. The number of nitrogens with zero attached hydrogens (tertiary/aromatic N) is 26. The Morgan fingerprint density at radius 2 is 0.793 bits per heavy atom. The highest BCUT2D eigenvalue weighted by atomic mass is 79.9. The zero-order valence-electron chi connectivity index (χ0n) is 76.2. The van der Waals surface area contributed by atoms with Gasteiger partial charge in [0.05, 0.1) is 94.8 Å². The summed E-state index contributed by atoms with van der Waals surface area (Å²) in [4.78, 5) is 101. The summed E-state index contributed by atoms with van der Waals surface area (Å²) >= 11 is 7.17. The summed E-state index contributed by atoms with van der Waals surface area (Å²) in [5.74, 6) is 0.335. The maximum atomic E-state index is 11.2. The lowest BCUT2D eigenvalue weighted by atomic mass is 9.94.